The Morgan fingerprint density at radius 2 is 1.77 bits per heavy atom. The quantitative estimate of drug-likeness (QED) is 0.340. The van der Waals surface area contributed by atoms with Crippen LogP contribution in [0.5, 0.6) is 11.8 Å². The van der Waals surface area contributed by atoms with Crippen molar-refractivity contribution < 1.29 is 36.2 Å². The van der Waals surface area contributed by atoms with Crippen molar-refractivity contribution in [2.75, 3.05) is 38.2 Å². The van der Waals surface area contributed by atoms with Gasteiger partial charge in [-0.1, -0.05) is 11.6 Å². The van der Waals surface area contributed by atoms with Gasteiger partial charge in [0.2, 0.25) is 0 Å². The first-order valence-corrected chi connectivity index (χ1v) is 14.5. The van der Waals surface area contributed by atoms with Gasteiger partial charge in [-0.3, -0.25) is 4.90 Å². The summed E-state index contributed by atoms with van der Waals surface area (Å²) in [4.78, 5) is 12.5. The maximum Gasteiger partial charge on any atom is 0.417 e. The van der Waals surface area contributed by atoms with Gasteiger partial charge in [-0.25, -0.2) is 13.2 Å². The molecule has 14 heteroatoms. The zero-order valence-electron chi connectivity index (χ0n) is 23.2. The van der Waals surface area contributed by atoms with Crippen LogP contribution in [0.15, 0.2) is 18.2 Å². The molecule has 0 radical (unpaired) electrons. The molecule has 4 aliphatic rings. The van der Waals surface area contributed by atoms with E-state index >= 15 is 8.78 Å². The van der Waals surface area contributed by atoms with Crippen LogP contribution < -0.4 is 15.0 Å². The molecule has 2 N–H and O–H groups in total. The van der Waals surface area contributed by atoms with E-state index in [1.165, 1.54) is 20.0 Å². The van der Waals surface area contributed by atoms with Gasteiger partial charge in [0.05, 0.1) is 23.3 Å². The molecule has 4 saturated heterocycles. The topological polar surface area (TPSA) is 73.8 Å². The van der Waals surface area contributed by atoms with E-state index < -0.39 is 51.4 Å². The third-order valence-electron chi connectivity index (χ3n) is 8.66. The number of phenols is 1. The maximum absolute atomic E-state index is 15.7. The lowest BCUT2D eigenvalue weighted by atomic mass is 9.98. The number of alkyl halides is 4. The molecule has 1 aromatic heterocycles. The Labute approximate surface area is 248 Å². The number of nitrogens with zero attached hydrogens (tertiary/aromatic N) is 4. The third-order valence-corrected chi connectivity index (χ3v) is 8.97. The Balaban J connectivity index is 0.000000310. The molecule has 7 rings (SSSR count). The largest absolute Gasteiger partial charge is 0.507 e. The lowest BCUT2D eigenvalue weighted by Crippen LogP contribution is -2.51. The van der Waals surface area contributed by atoms with E-state index in [1.807, 2.05) is 4.90 Å². The number of hydrogen-bond donors (Lipinski definition) is 2. The second kappa shape index (κ2) is 11.5. The number of anilines is 1. The fraction of sp³-hybridized carbons (Fsp3) is 0.517. The predicted octanol–water partition coefficient (Wildman–Crippen LogP) is 6.09. The molecule has 5 heterocycles. The molecule has 7 nitrogen and oxygen atoms in total. The zero-order chi connectivity index (χ0) is 30.6. The number of phenolic OH excluding ortho intramolecular Hbond substituents is 1. The lowest BCUT2D eigenvalue weighted by Gasteiger charge is -2.34. The van der Waals surface area contributed by atoms with Gasteiger partial charge in [0.25, 0.3) is 0 Å². The minimum absolute atomic E-state index is 0.0466. The number of rotatable bonds is 3. The average Bonchev–Trinajstić information content (AvgIpc) is 3.63. The number of piperazine rings is 1. The van der Waals surface area contributed by atoms with Crippen LogP contribution in [0.4, 0.5) is 32.2 Å². The van der Waals surface area contributed by atoms with Crippen molar-refractivity contribution in [2.24, 2.45) is 0 Å². The molecule has 3 aromatic rings. The Morgan fingerprint density at radius 3 is 2.42 bits per heavy atom. The summed E-state index contributed by atoms with van der Waals surface area (Å²) in [5.41, 5.74) is -3.24. The SMILES string of the molecule is COc1nc(N2CC3CCC(C2)N3)c2cc(F)c(-c3cc(C(F)(F)F)c(Cl)cc3O)c(F)c2n1.FC1CC2CCCN2C1. The van der Waals surface area contributed by atoms with Crippen LogP contribution in [0.1, 0.15) is 37.7 Å². The molecule has 2 aromatic carbocycles. The van der Waals surface area contributed by atoms with Crippen LogP contribution in [0, 0.1) is 11.6 Å². The van der Waals surface area contributed by atoms with Crippen molar-refractivity contribution in [2.45, 2.75) is 62.6 Å². The molecular formula is C29H30ClF6N5O2. The summed E-state index contributed by atoms with van der Waals surface area (Å²) in [6.07, 6.45) is -0.159. The third kappa shape index (κ3) is 5.78. The standard InChI is InChI=1S/C22H18ClF5N4O2.C7H12FN/c1-34-21-30-19-12(20(31-21)32-7-9-2-3-10(8-32)29-9)5-15(24)17(18(19)25)11-4-13(22(26,27)28)14(23)6-16(11)33;8-6-4-7-2-1-3-9(7)5-6/h4-6,9-10,29,33H,2-3,7-8H2,1H3;6-7H,1-5H2. The summed E-state index contributed by atoms with van der Waals surface area (Å²) in [5.74, 6) is -2.97. The molecule has 4 aliphatic heterocycles. The highest BCUT2D eigenvalue weighted by Gasteiger charge is 2.37. The van der Waals surface area contributed by atoms with Crippen LogP contribution in [0.25, 0.3) is 22.0 Å². The molecule has 2 bridgehead atoms. The van der Waals surface area contributed by atoms with Crippen LogP contribution in [0.2, 0.25) is 5.02 Å². The first-order valence-electron chi connectivity index (χ1n) is 14.2. The number of benzene rings is 2. The molecule has 0 amide bonds. The van der Waals surface area contributed by atoms with Gasteiger partial charge >= 0.3 is 12.2 Å². The molecule has 0 saturated carbocycles. The molecule has 232 valence electrons. The summed E-state index contributed by atoms with van der Waals surface area (Å²) in [7, 11) is 1.29. The highest BCUT2D eigenvalue weighted by molar-refractivity contribution is 6.31. The number of halogens is 7. The normalized spacial score (nSPS) is 25.2. The van der Waals surface area contributed by atoms with Gasteiger partial charge in [0.1, 0.15) is 29.1 Å². The maximum atomic E-state index is 15.7. The van der Waals surface area contributed by atoms with Gasteiger partial charge < -0.3 is 20.1 Å². The van der Waals surface area contributed by atoms with Crippen molar-refractivity contribution in [3.63, 3.8) is 0 Å². The molecule has 4 atom stereocenters. The molecule has 4 unspecified atom stereocenters. The second-order valence-electron chi connectivity index (χ2n) is 11.5. The summed E-state index contributed by atoms with van der Waals surface area (Å²) >= 11 is 5.61. The van der Waals surface area contributed by atoms with Gasteiger partial charge in [0.15, 0.2) is 5.82 Å². The number of aromatic hydroxyl groups is 1. The highest BCUT2D eigenvalue weighted by atomic mass is 35.5. The Bertz CT molecular complexity index is 1520. The lowest BCUT2D eigenvalue weighted by molar-refractivity contribution is -0.137. The van der Waals surface area contributed by atoms with E-state index in [2.05, 4.69) is 20.2 Å². The molecule has 0 spiro atoms. The van der Waals surface area contributed by atoms with Crippen molar-refractivity contribution in [3.05, 3.63) is 40.4 Å². The number of methoxy groups -OCH3 is 1. The van der Waals surface area contributed by atoms with Gasteiger partial charge in [-0.2, -0.15) is 23.1 Å². The van der Waals surface area contributed by atoms with E-state index in [0.29, 0.717) is 37.8 Å². The number of ether oxygens (including phenoxy) is 1. The Kier molecular flexibility index (Phi) is 8.01. The van der Waals surface area contributed by atoms with Crippen molar-refractivity contribution >= 4 is 28.3 Å². The average molecular weight is 630 g/mol. The van der Waals surface area contributed by atoms with Crippen molar-refractivity contribution in [1.29, 1.82) is 0 Å². The molecule has 43 heavy (non-hydrogen) atoms. The fourth-order valence-corrected chi connectivity index (χ4v) is 6.98. The Hall–Kier alpha value is -3.03. The van der Waals surface area contributed by atoms with Crippen molar-refractivity contribution in [3.8, 4) is 22.9 Å². The van der Waals surface area contributed by atoms with Crippen LogP contribution >= 0.6 is 11.6 Å². The first kappa shape index (κ1) is 30.0. The summed E-state index contributed by atoms with van der Waals surface area (Å²) in [5, 5.41) is 12.9. The van der Waals surface area contributed by atoms with E-state index in [4.69, 9.17) is 16.3 Å². The van der Waals surface area contributed by atoms with Crippen LogP contribution in [-0.4, -0.2) is 77.6 Å². The van der Waals surface area contributed by atoms with Gasteiger partial charge in [0, 0.05) is 48.7 Å². The molecule has 0 aliphatic carbocycles. The van der Waals surface area contributed by atoms with E-state index in [0.717, 1.165) is 31.9 Å². The van der Waals surface area contributed by atoms with Gasteiger partial charge in [-0.05, 0) is 56.8 Å². The summed E-state index contributed by atoms with van der Waals surface area (Å²) < 4.78 is 88.8. The summed E-state index contributed by atoms with van der Waals surface area (Å²) in [6.45, 7) is 2.98. The number of hydrogen-bond acceptors (Lipinski definition) is 7. The van der Waals surface area contributed by atoms with Crippen LogP contribution in [-0.2, 0) is 6.18 Å². The van der Waals surface area contributed by atoms with E-state index in [-0.39, 0.29) is 34.8 Å². The monoisotopic (exact) mass is 629 g/mol. The predicted molar refractivity (Wildman–Crippen MR) is 149 cm³/mol. The van der Waals surface area contributed by atoms with Crippen molar-refractivity contribution in [1.82, 2.24) is 20.2 Å². The zero-order valence-corrected chi connectivity index (χ0v) is 24.0. The number of nitrogens with one attached hydrogen (secondary N) is 1. The minimum atomic E-state index is -4.90. The fourth-order valence-electron chi connectivity index (χ4n) is 6.72. The highest BCUT2D eigenvalue weighted by Crippen LogP contribution is 2.44. The minimum Gasteiger partial charge on any atom is -0.507 e. The number of fused-ring (bicyclic) bond motifs is 4. The van der Waals surface area contributed by atoms with E-state index in [1.54, 1.807) is 0 Å². The molecule has 4 fully saturated rings. The van der Waals surface area contributed by atoms with Crippen LogP contribution in [0.3, 0.4) is 0 Å². The Morgan fingerprint density at radius 1 is 1.05 bits per heavy atom. The molecular weight excluding hydrogens is 600 g/mol. The number of aromatic nitrogens is 2. The summed E-state index contributed by atoms with van der Waals surface area (Å²) in [6, 6.07) is 2.82. The van der Waals surface area contributed by atoms with Gasteiger partial charge in [-0.15, -0.1) is 0 Å². The van der Waals surface area contributed by atoms with E-state index in [9.17, 15) is 22.7 Å². The smallest absolute Gasteiger partial charge is 0.417 e. The first-order chi connectivity index (χ1) is 20.4. The second-order valence-corrected chi connectivity index (χ2v) is 11.9.